The zero-order valence-corrected chi connectivity index (χ0v) is 15.6. The van der Waals surface area contributed by atoms with E-state index in [1.807, 2.05) is 12.1 Å². The molecule has 0 aromatic heterocycles. The molecule has 2 aromatic carbocycles. The number of hydrogen-bond acceptors (Lipinski definition) is 6. The average molecular weight is 386 g/mol. The standard InChI is InChI=1S/C20H22N2O6/c1-13(19(24)22-11-14-3-7-16(26-2)8-4-14)28-20(25)15-5-9-17(10-6-15)27-12-18(21)23/h3-10,13H,11-12H2,1-2H3,(H2,21,23)(H,22,24)/t13-/m0/s1. The molecule has 1 atom stereocenters. The first-order valence-electron chi connectivity index (χ1n) is 8.52. The molecule has 0 bridgehead atoms. The zero-order valence-electron chi connectivity index (χ0n) is 15.6. The fourth-order valence-corrected chi connectivity index (χ4v) is 2.20. The van der Waals surface area contributed by atoms with Crippen molar-refractivity contribution in [1.82, 2.24) is 5.32 Å². The fraction of sp³-hybridized carbons (Fsp3) is 0.250. The van der Waals surface area contributed by atoms with Crippen LogP contribution >= 0.6 is 0 Å². The van der Waals surface area contributed by atoms with Crippen LogP contribution < -0.4 is 20.5 Å². The van der Waals surface area contributed by atoms with Crippen LogP contribution in [-0.4, -0.2) is 37.6 Å². The lowest BCUT2D eigenvalue weighted by atomic mass is 10.2. The third-order valence-electron chi connectivity index (χ3n) is 3.75. The Bertz CT molecular complexity index is 818. The number of ether oxygens (including phenoxy) is 3. The van der Waals surface area contributed by atoms with Gasteiger partial charge in [0.25, 0.3) is 11.8 Å². The fourth-order valence-electron chi connectivity index (χ4n) is 2.20. The van der Waals surface area contributed by atoms with Crippen LogP contribution in [-0.2, 0) is 20.9 Å². The van der Waals surface area contributed by atoms with E-state index >= 15 is 0 Å². The molecule has 2 rings (SSSR count). The van der Waals surface area contributed by atoms with Crippen LogP contribution in [0.4, 0.5) is 0 Å². The molecular formula is C20H22N2O6. The van der Waals surface area contributed by atoms with E-state index in [1.54, 1.807) is 19.2 Å². The summed E-state index contributed by atoms with van der Waals surface area (Å²) < 4.78 is 15.4. The third kappa shape index (κ3) is 6.31. The summed E-state index contributed by atoms with van der Waals surface area (Å²) in [5.74, 6) is -0.541. The summed E-state index contributed by atoms with van der Waals surface area (Å²) in [4.78, 5) is 35.0. The van der Waals surface area contributed by atoms with Gasteiger partial charge in [0.2, 0.25) is 0 Å². The SMILES string of the molecule is COc1ccc(CNC(=O)[C@H](C)OC(=O)c2ccc(OCC(N)=O)cc2)cc1. The van der Waals surface area contributed by atoms with Crippen molar-refractivity contribution in [3.8, 4) is 11.5 Å². The monoisotopic (exact) mass is 386 g/mol. The predicted octanol–water partition coefficient (Wildman–Crippen LogP) is 1.42. The molecule has 0 saturated heterocycles. The van der Waals surface area contributed by atoms with E-state index in [1.165, 1.54) is 31.2 Å². The Labute approximate surface area is 162 Å². The van der Waals surface area contributed by atoms with Gasteiger partial charge in [-0.3, -0.25) is 9.59 Å². The molecule has 0 unspecified atom stereocenters. The summed E-state index contributed by atoms with van der Waals surface area (Å²) in [6.07, 6.45) is -0.962. The van der Waals surface area contributed by atoms with Crippen LogP contribution in [0.5, 0.6) is 11.5 Å². The number of primary amides is 1. The molecule has 0 saturated carbocycles. The van der Waals surface area contributed by atoms with E-state index in [-0.39, 0.29) is 12.2 Å². The van der Waals surface area contributed by atoms with Crippen molar-refractivity contribution in [2.45, 2.75) is 19.6 Å². The van der Waals surface area contributed by atoms with E-state index in [0.29, 0.717) is 12.3 Å². The van der Waals surface area contributed by atoms with Gasteiger partial charge in [-0.2, -0.15) is 0 Å². The minimum Gasteiger partial charge on any atom is -0.497 e. The van der Waals surface area contributed by atoms with Gasteiger partial charge in [-0.1, -0.05) is 12.1 Å². The summed E-state index contributed by atoms with van der Waals surface area (Å²) in [6.45, 7) is 1.54. The predicted molar refractivity (Wildman–Crippen MR) is 101 cm³/mol. The van der Waals surface area contributed by atoms with Crippen LogP contribution in [0.2, 0.25) is 0 Å². The number of nitrogens with one attached hydrogen (secondary N) is 1. The van der Waals surface area contributed by atoms with Crippen molar-refractivity contribution in [2.75, 3.05) is 13.7 Å². The van der Waals surface area contributed by atoms with Crippen molar-refractivity contribution in [1.29, 1.82) is 0 Å². The highest BCUT2D eigenvalue weighted by Gasteiger charge is 2.18. The van der Waals surface area contributed by atoms with E-state index in [0.717, 1.165) is 11.3 Å². The van der Waals surface area contributed by atoms with Crippen LogP contribution in [0.15, 0.2) is 48.5 Å². The molecule has 148 valence electrons. The van der Waals surface area contributed by atoms with Gasteiger partial charge in [-0.15, -0.1) is 0 Å². The molecule has 8 heteroatoms. The number of rotatable bonds is 9. The topological polar surface area (TPSA) is 117 Å². The maximum Gasteiger partial charge on any atom is 0.338 e. The molecule has 0 fully saturated rings. The zero-order chi connectivity index (χ0) is 20.5. The van der Waals surface area contributed by atoms with Crippen LogP contribution in [0.1, 0.15) is 22.8 Å². The van der Waals surface area contributed by atoms with Gasteiger partial charge in [0.15, 0.2) is 12.7 Å². The molecule has 28 heavy (non-hydrogen) atoms. The third-order valence-corrected chi connectivity index (χ3v) is 3.75. The van der Waals surface area contributed by atoms with E-state index in [9.17, 15) is 14.4 Å². The minimum absolute atomic E-state index is 0.251. The number of esters is 1. The second-order valence-electron chi connectivity index (χ2n) is 5.89. The average Bonchev–Trinajstić information content (AvgIpc) is 2.71. The Balaban J connectivity index is 1.83. The van der Waals surface area contributed by atoms with Crippen molar-refractivity contribution in [2.24, 2.45) is 5.73 Å². The normalized spacial score (nSPS) is 11.2. The summed E-state index contributed by atoms with van der Waals surface area (Å²) in [6, 6.07) is 13.2. The van der Waals surface area contributed by atoms with Crippen LogP contribution in [0.25, 0.3) is 0 Å². The molecule has 0 aliphatic heterocycles. The number of nitrogens with two attached hydrogens (primary N) is 1. The quantitative estimate of drug-likeness (QED) is 0.630. The van der Waals surface area contributed by atoms with Crippen LogP contribution in [0, 0.1) is 0 Å². The summed E-state index contributed by atoms with van der Waals surface area (Å²) in [5, 5.41) is 2.71. The van der Waals surface area contributed by atoms with Gasteiger partial charge < -0.3 is 25.3 Å². The highest BCUT2D eigenvalue weighted by Crippen LogP contribution is 2.14. The number of benzene rings is 2. The van der Waals surface area contributed by atoms with Gasteiger partial charge in [0.1, 0.15) is 11.5 Å². The van der Waals surface area contributed by atoms with Crippen LogP contribution in [0.3, 0.4) is 0 Å². The van der Waals surface area contributed by atoms with Gasteiger partial charge in [0, 0.05) is 6.54 Å². The first kappa shape index (κ1) is 20.8. The van der Waals surface area contributed by atoms with Crippen molar-refractivity contribution in [3.63, 3.8) is 0 Å². The molecule has 2 amide bonds. The second kappa shape index (κ2) is 9.96. The highest BCUT2D eigenvalue weighted by atomic mass is 16.5. The highest BCUT2D eigenvalue weighted by molar-refractivity contribution is 5.92. The lowest BCUT2D eigenvalue weighted by molar-refractivity contribution is -0.129. The number of carbonyl (C=O) groups is 3. The Hall–Kier alpha value is -3.55. The number of methoxy groups -OCH3 is 1. The number of hydrogen-bond donors (Lipinski definition) is 2. The van der Waals surface area contributed by atoms with Crippen molar-refractivity contribution < 1.29 is 28.6 Å². The lowest BCUT2D eigenvalue weighted by Crippen LogP contribution is -2.35. The summed E-state index contributed by atoms with van der Waals surface area (Å²) in [5.41, 5.74) is 6.13. The molecule has 0 spiro atoms. The van der Waals surface area contributed by atoms with Gasteiger partial charge >= 0.3 is 5.97 Å². The Morgan fingerprint density at radius 3 is 2.18 bits per heavy atom. The van der Waals surface area contributed by atoms with Gasteiger partial charge in [0.05, 0.1) is 12.7 Å². The molecule has 0 heterocycles. The summed E-state index contributed by atoms with van der Waals surface area (Å²) in [7, 11) is 1.58. The van der Waals surface area contributed by atoms with E-state index in [4.69, 9.17) is 19.9 Å². The lowest BCUT2D eigenvalue weighted by Gasteiger charge is -2.14. The van der Waals surface area contributed by atoms with Gasteiger partial charge in [-0.05, 0) is 48.9 Å². The smallest absolute Gasteiger partial charge is 0.338 e. The molecular weight excluding hydrogens is 364 g/mol. The minimum atomic E-state index is -0.962. The number of amides is 2. The maximum atomic E-state index is 12.2. The molecule has 0 aliphatic carbocycles. The molecule has 3 N–H and O–H groups in total. The van der Waals surface area contributed by atoms with E-state index in [2.05, 4.69) is 5.32 Å². The first-order valence-corrected chi connectivity index (χ1v) is 8.52. The Morgan fingerprint density at radius 1 is 1.00 bits per heavy atom. The Kier molecular flexibility index (Phi) is 7.38. The second-order valence-corrected chi connectivity index (χ2v) is 5.89. The molecule has 0 aliphatic rings. The Morgan fingerprint density at radius 2 is 1.61 bits per heavy atom. The maximum absolute atomic E-state index is 12.2. The van der Waals surface area contributed by atoms with Gasteiger partial charge in [-0.25, -0.2) is 4.79 Å². The molecule has 8 nitrogen and oxygen atoms in total. The van der Waals surface area contributed by atoms with Crippen molar-refractivity contribution >= 4 is 17.8 Å². The molecule has 2 aromatic rings. The number of carbonyl (C=O) groups excluding carboxylic acids is 3. The summed E-state index contributed by atoms with van der Waals surface area (Å²) >= 11 is 0. The molecule has 0 radical (unpaired) electrons. The first-order chi connectivity index (χ1) is 13.4. The van der Waals surface area contributed by atoms with Crippen molar-refractivity contribution in [3.05, 3.63) is 59.7 Å². The van der Waals surface area contributed by atoms with E-state index < -0.39 is 23.9 Å². The largest absolute Gasteiger partial charge is 0.497 e.